The first-order valence-corrected chi connectivity index (χ1v) is 8.61. The summed E-state index contributed by atoms with van der Waals surface area (Å²) in [6.45, 7) is 2.30. The van der Waals surface area contributed by atoms with Gasteiger partial charge in [-0.25, -0.2) is 4.98 Å². The lowest BCUT2D eigenvalue weighted by Gasteiger charge is -2.14. The number of carbonyl (C=O) groups excluding carboxylic acids is 2. The zero-order chi connectivity index (χ0) is 19.2. The van der Waals surface area contributed by atoms with Crippen molar-refractivity contribution in [3.05, 3.63) is 48.5 Å². The van der Waals surface area contributed by atoms with Gasteiger partial charge in [0.15, 0.2) is 0 Å². The maximum Gasteiger partial charge on any atom is 0.311 e. The SMILES string of the molecule is COC(=O)CC1=NN(c2ccccc2)C(=O)C1C(C)=NCCc1cnc[nH]1. The molecule has 0 saturated carbocycles. The zero-order valence-corrected chi connectivity index (χ0v) is 15.3. The summed E-state index contributed by atoms with van der Waals surface area (Å²) in [5.74, 6) is -1.32. The van der Waals surface area contributed by atoms with Gasteiger partial charge in [0, 0.05) is 30.6 Å². The first-order chi connectivity index (χ1) is 13.1. The van der Waals surface area contributed by atoms with Crippen LogP contribution in [0.1, 0.15) is 19.0 Å². The summed E-state index contributed by atoms with van der Waals surface area (Å²) in [7, 11) is 1.31. The second-order valence-electron chi connectivity index (χ2n) is 6.11. The molecule has 0 saturated heterocycles. The molecule has 1 aromatic carbocycles. The van der Waals surface area contributed by atoms with E-state index in [1.807, 2.05) is 18.2 Å². The molecule has 1 amide bonds. The second-order valence-corrected chi connectivity index (χ2v) is 6.11. The predicted octanol–water partition coefficient (Wildman–Crippen LogP) is 2.00. The van der Waals surface area contributed by atoms with E-state index < -0.39 is 11.9 Å². The summed E-state index contributed by atoms with van der Waals surface area (Å²) >= 11 is 0. The topological polar surface area (TPSA) is 100 Å². The number of nitrogens with zero attached hydrogens (tertiary/aromatic N) is 4. The van der Waals surface area contributed by atoms with Crippen molar-refractivity contribution in [3.63, 3.8) is 0 Å². The van der Waals surface area contributed by atoms with Crippen LogP contribution in [0.4, 0.5) is 5.69 Å². The van der Waals surface area contributed by atoms with E-state index in [9.17, 15) is 9.59 Å². The van der Waals surface area contributed by atoms with Crippen LogP contribution in [0.15, 0.2) is 52.9 Å². The van der Waals surface area contributed by atoms with Gasteiger partial charge in [-0.3, -0.25) is 14.6 Å². The number of rotatable bonds is 7. The summed E-state index contributed by atoms with van der Waals surface area (Å²) in [5.41, 5.74) is 2.69. The number of aromatic amines is 1. The number of hydrazone groups is 1. The highest BCUT2D eigenvalue weighted by atomic mass is 16.5. The van der Waals surface area contributed by atoms with E-state index >= 15 is 0 Å². The number of hydrogen-bond donors (Lipinski definition) is 1. The van der Waals surface area contributed by atoms with Crippen LogP contribution >= 0.6 is 0 Å². The highest BCUT2D eigenvalue weighted by Crippen LogP contribution is 2.26. The van der Waals surface area contributed by atoms with Gasteiger partial charge in [-0.2, -0.15) is 10.1 Å². The minimum Gasteiger partial charge on any atom is -0.469 e. The molecule has 2 aromatic rings. The van der Waals surface area contributed by atoms with E-state index in [1.54, 1.807) is 31.6 Å². The van der Waals surface area contributed by atoms with Crippen LogP contribution in [-0.4, -0.2) is 46.9 Å². The Morgan fingerprint density at radius 3 is 2.78 bits per heavy atom. The Morgan fingerprint density at radius 2 is 2.11 bits per heavy atom. The maximum atomic E-state index is 13.0. The third-order valence-corrected chi connectivity index (χ3v) is 4.29. The number of esters is 1. The van der Waals surface area contributed by atoms with Crippen LogP contribution in [0.25, 0.3) is 0 Å². The molecule has 2 heterocycles. The molecule has 0 fully saturated rings. The molecule has 140 valence electrons. The maximum absolute atomic E-state index is 13.0. The number of ether oxygens (including phenoxy) is 1. The Labute approximate surface area is 157 Å². The van der Waals surface area contributed by atoms with Crippen molar-refractivity contribution in [2.45, 2.75) is 19.8 Å². The van der Waals surface area contributed by atoms with E-state index in [0.29, 0.717) is 30.1 Å². The first-order valence-electron chi connectivity index (χ1n) is 8.61. The van der Waals surface area contributed by atoms with Crippen molar-refractivity contribution in [3.8, 4) is 0 Å². The fourth-order valence-electron chi connectivity index (χ4n) is 2.90. The number of imidazole rings is 1. The molecule has 1 N–H and O–H groups in total. The molecule has 0 radical (unpaired) electrons. The Kier molecular flexibility index (Phi) is 5.75. The summed E-state index contributed by atoms with van der Waals surface area (Å²) in [6.07, 6.45) is 3.99. The molecule has 1 aliphatic rings. The highest BCUT2D eigenvalue weighted by Gasteiger charge is 2.39. The molecule has 0 bridgehead atoms. The summed E-state index contributed by atoms with van der Waals surface area (Å²) in [4.78, 5) is 36.3. The Hall–Kier alpha value is -3.29. The van der Waals surface area contributed by atoms with Crippen molar-refractivity contribution in [1.82, 2.24) is 9.97 Å². The van der Waals surface area contributed by atoms with Crippen LogP contribution in [0, 0.1) is 5.92 Å². The molecule has 1 unspecified atom stereocenters. The van der Waals surface area contributed by atoms with Crippen molar-refractivity contribution >= 4 is 29.0 Å². The van der Waals surface area contributed by atoms with Crippen LogP contribution in [-0.2, 0) is 20.7 Å². The van der Waals surface area contributed by atoms with Crippen molar-refractivity contribution in [1.29, 1.82) is 0 Å². The summed E-state index contributed by atoms with van der Waals surface area (Å²) < 4.78 is 4.75. The fourth-order valence-corrected chi connectivity index (χ4v) is 2.90. The lowest BCUT2D eigenvalue weighted by Crippen LogP contribution is -2.33. The lowest BCUT2D eigenvalue weighted by atomic mass is 9.96. The average Bonchev–Trinajstić information content (AvgIpc) is 3.30. The molecule has 1 aliphatic heterocycles. The number of methoxy groups -OCH3 is 1. The number of aromatic nitrogens is 2. The minimum absolute atomic E-state index is 0.0519. The van der Waals surface area contributed by atoms with E-state index in [4.69, 9.17) is 4.74 Å². The number of H-pyrrole nitrogens is 1. The number of benzene rings is 1. The number of amides is 1. The van der Waals surface area contributed by atoms with Gasteiger partial charge in [0.1, 0.15) is 5.92 Å². The molecule has 0 spiro atoms. The smallest absolute Gasteiger partial charge is 0.311 e. The van der Waals surface area contributed by atoms with Gasteiger partial charge in [-0.1, -0.05) is 18.2 Å². The minimum atomic E-state index is -0.661. The summed E-state index contributed by atoms with van der Waals surface area (Å²) in [5, 5.41) is 5.72. The van der Waals surface area contributed by atoms with Gasteiger partial charge in [-0.05, 0) is 19.1 Å². The molecule has 8 heteroatoms. The quantitative estimate of drug-likeness (QED) is 0.597. The fraction of sp³-hybridized carbons (Fsp3) is 0.316. The second kappa shape index (κ2) is 8.39. The number of nitrogens with one attached hydrogen (secondary N) is 1. The Balaban J connectivity index is 1.81. The van der Waals surface area contributed by atoms with Crippen LogP contribution in [0.3, 0.4) is 0 Å². The van der Waals surface area contributed by atoms with E-state index in [-0.39, 0.29) is 12.3 Å². The monoisotopic (exact) mass is 367 g/mol. The highest BCUT2D eigenvalue weighted by molar-refractivity contribution is 6.30. The van der Waals surface area contributed by atoms with Crippen LogP contribution in [0.2, 0.25) is 0 Å². The van der Waals surface area contributed by atoms with Gasteiger partial charge in [-0.15, -0.1) is 0 Å². The molecule has 27 heavy (non-hydrogen) atoms. The molecule has 0 aliphatic carbocycles. The van der Waals surface area contributed by atoms with Crippen LogP contribution in [0.5, 0.6) is 0 Å². The molecular weight excluding hydrogens is 346 g/mol. The van der Waals surface area contributed by atoms with Gasteiger partial charge in [0.2, 0.25) is 0 Å². The predicted molar refractivity (Wildman–Crippen MR) is 102 cm³/mol. The van der Waals surface area contributed by atoms with Gasteiger partial charge in [0.25, 0.3) is 5.91 Å². The largest absolute Gasteiger partial charge is 0.469 e. The Morgan fingerprint density at radius 1 is 1.33 bits per heavy atom. The molecule has 1 aromatic heterocycles. The lowest BCUT2D eigenvalue weighted by molar-refractivity contribution is -0.139. The normalized spacial score (nSPS) is 17.2. The number of hydrogen-bond acceptors (Lipinski definition) is 6. The van der Waals surface area contributed by atoms with E-state index in [0.717, 1.165) is 5.69 Å². The van der Waals surface area contributed by atoms with Crippen molar-refractivity contribution < 1.29 is 14.3 Å². The number of anilines is 1. The van der Waals surface area contributed by atoms with Gasteiger partial charge >= 0.3 is 5.97 Å². The molecule has 8 nitrogen and oxygen atoms in total. The van der Waals surface area contributed by atoms with E-state index in [2.05, 4.69) is 20.1 Å². The van der Waals surface area contributed by atoms with E-state index in [1.165, 1.54) is 12.1 Å². The number of para-hydroxylation sites is 1. The third-order valence-electron chi connectivity index (χ3n) is 4.29. The van der Waals surface area contributed by atoms with Gasteiger partial charge in [0.05, 0.1) is 31.3 Å². The summed E-state index contributed by atoms with van der Waals surface area (Å²) in [6, 6.07) is 9.12. The van der Waals surface area contributed by atoms with Crippen LogP contribution < -0.4 is 5.01 Å². The van der Waals surface area contributed by atoms with Gasteiger partial charge < -0.3 is 9.72 Å². The molecule has 3 rings (SSSR count). The molecule has 1 atom stereocenters. The van der Waals surface area contributed by atoms with Crippen molar-refractivity contribution in [2.75, 3.05) is 18.7 Å². The zero-order valence-electron chi connectivity index (χ0n) is 15.3. The first kappa shape index (κ1) is 18.5. The third kappa shape index (κ3) is 4.28. The van der Waals surface area contributed by atoms with Crippen molar-refractivity contribution in [2.24, 2.45) is 16.0 Å². The average molecular weight is 367 g/mol. The standard InChI is InChI=1S/C19H21N5O3/c1-13(21-9-8-14-11-20-12-22-14)18-16(10-17(25)27-2)23-24(19(18)26)15-6-4-3-5-7-15/h3-7,11-12,18H,8-10H2,1-2H3,(H,20,22). The Bertz CT molecular complexity index is 859. The molecular formula is C19H21N5O3. The number of aliphatic imine (C=N–C) groups is 1. The number of carbonyl (C=O) groups is 2.